The topological polar surface area (TPSA) is 78.7 Å². The first kappa shape index (κ1) is 9.13. The summed E-state index contributed by atoms with van der Waals surface area (Å²) in [5.41, 5.74) is 1.00. The average molecular weight is 176 g/mol. The van der Waals surface area contributed by atoms with E-state index >= 15 is 0 Å². The van der Waals surface area contributed by atoms with Crippen LogP contribution in [0.5, 0.6) is 0 Å². The fraction of sp³-hybridized carbons (Fsp3) is 0.250. The van der Waals surface area contributed by atoms with Crippen molar-refractivity contribution in [2.24, 2.45) is 0 Å². The van der Waals surface area contributed by atoms with Gasteiger partial charge in [0.1, 0.15) is 12.9 Å². The Morgan fingerprint density at radius 1 is 1.77 bits per heavy atom. The maximum absolute atomic E-state index is 11.3. The predicted octanol–water partition coefficient (Wildman–Crippen LogP) is 0.0384. The molecule has 0 saturated heterocycles. The molecule has 5 heteroatoms. The van der Waals surface area contributed by atoms with Crippen LogP contribution < -0.4 is 5.32 Å². The summed E-state index contributed by atoms with van der Waals surface area (Å²) in [6, 6.07) is 1.82. The van der Waals surface area contributed by atoms with Crippen LogP contribution in [0.15, 0.2) is 12.5 Å². The van der Waals surface area contributed by atoms with Gasteiger partial charge in [0.2, 0.25) is 0 Å². The Labute approximate surface area is 75.4 Å². The molecule has 0 aliphatic heterocycles. The van der Waals surface area contributed by atoms with E-state index in [0.29, 0.717) is 11.3 Å². The van der Waals surface area contributed by atoms with Gasteiger partial charge in [0, 0.05) is 6.20 Å². The second-order valence-electron chi connectivity index (χ2n) is 2.36. The van der Waals surface area contributed by atoms with Crippen molar-refractivity contribution in [1.82, 2.24) is 15.3 Å². The summed E-state index contributed by atoms with van der Waals surface area (Å²) in [7, 11) is 0. The lowest BCUT2D eigenvalue weighted by Crippen LogP contribution is -2.24. The highest BCUT2D eigenvalue weighted by Crippen LogP contribution is 2.00. The Balaban J connectivity index is 2.78. The van der Waals surface area contributed by atoms with Crippen LogP contribution >= 0.6 is 0 Å². The van der Waals surface area contributed by atoms with Crippen molar-refractivity contribution in [3.63, 3.8) is 0 Å². The molecule has 1 heterocycles. The number of hydrogen-bond donors (Lipinski definition) is 1. The predicted molar refractivity (Wildman–Crippen MR) is 44.7 cm³/mol. The summed E-state index contributed by atoms with van der Waals surface area (Å²) < 4.78 is 0. The molecule has 1 amide bonds. The molecule has 66 valence electrons. The number of carbonyl (C=O) groups excluding carboxylic acids is 1. The third kappa shape index (κ3) is 2.24. The van der Waals surface area contributed by atoms with Crippen LogP contribution in [0.25, 0.3) is 0 Å². The zero-order valence-electron chi connectivity index (χ0n) is 7.11. The van der Waals surface area contributed by atoms with E-state index < -0.39 is 0 Å². The van der Waals surface area contributed by atoms with Crippen molar-refractivity contribution in [3.05, 3.63) is 23.8 Å². The highest BCUT2D eigenvalue weighted by Gasteiger charge is 2.07. The smallest absolute Gasteiger partial charge is 0.255 e. The van der Waals surface area contributed by atoms with Gasteiger partial charge < -0.3 is 5.32 Å². The SMILES string of the molecule is Cc1ncncc1C(=O)NCC#N. The van der Waals surface area contributed by atoms with Gasteiger partial charge in [0.25, 0.3) is 5.91 Å². The highest BCUT2D eigenvalue weighted by molar-refractivity contribution is 5.94. The molecule has 1 aromatic heterocycles. The molecular weight excluding hydrogens is 168 g/mol. The van der Waals surface area contributed by atoms with Crippen LogP contribution in [0.1, 0.15) is 16.1 Å². The number of rotatable bonds is 2. The van der Waals surface area contributed by atoms with Crippen molar-refractivity contribution in [2.75, 3.05) is 6.54 Å². The van der Waals surface area contributed by atoms with Crippen LogP contribution in [0.2, 0.25) is 0 Å². The van der Waals surface area contributed by atoms with Crippen molar-refractivity contribution >= 4 is 5.91 Å². The fourth-order valence-corrected chi connectivity index (χ4v) is 0.829. The number of amides is 1. The standard InChI is InChI=1S/C8H8N4O/c1-6-7(4-10-5-12-6)8(13)11-3-2-9/h4-5H,3H2,1H3,(H,11,13). The Hall–Kier alpha value is -1.96. The van der Waals surface area contributed by atoms with Crippen molar-refractivity contribution in [1.29, 1.82) is 5.26 Å². The minimum Gasteiger partial charge on any atom is -0.339 e. The molecule has 1 N–H and O–H groups in total. The van der Waals surface area contributed by atoms with E-state index in [2.05, 4.69) is 15.3 Å². The Morgan fingerprint density at radius 2 is 2.54 bits per heavy atom. The second kappa shape index (κ2) is 4.16. The number of nitriles is 1. The first-order chi connectivity index (χ1) is 6.25. The highest BCUT2D eigenvalue weighted by atomic mass is 16.1. The number of nitrogens with one attached hydrogen (secondary N) is 1. The first-order valence-corrected chi connectivity index (χ1v) is 3.67. The summed E-state index contributed by atoms with van der Waals surface area (Å²) in [4.78, 5) is 18.9. The van der Waals surface area contributed by atoms with E-state index in [1.807, 2.05) is 6.07 Å². The van der Waals surface area contributed by atoms with Gasteiger partial charge in [-0.1, -0.05) is 0 Å². The van der Waals surface area contributed by atoms with Gasteiger partial charge in [-0.3, -0.25) is 4.79 Å². The van der Waals surface area contributed by atoms with E-state index in [1.54, 1.807) is 6.92 Å². The van der Waals surface area contributed by atoms with Crippen LogP contribution in [0.3, 0.4) is 0 Å². The molecule has 0 atom stereocenters. The monoisotopic (exact) mass is 176 g/mol. The third-order valence-electron chi connectivity index (χ3n) is 1.48. The Morgan fingerprint density at radius 3 is 3.15 bits per heavy atom. The zero-order chi connectivity index (χ0) is 9.68. The minimum atomic E-state index is -0.320. The number of aromatic nitrogens is 2. The molecule has 1 aromatic rings. The lowest BCUT2D eigenvalue weighted by Gasteiger charge is -2.01. The van der Waals surface area contributed by atoms with Gasteiger partial charge >= 0.3 is 0 Å². The molecule has 0 bridgehead atoms. The van der Waals surface area contributed by atoms with E-state index in [4.69, 9.17) is 5.26 Å². The molecule has 0 aromatic carbocycles. The van der Waals surface area contributed by atoms with Gasteiger partial charge in [-0.25, -0.2) is 9.97 Å². The molecule has 0 saturated carbocycles. The summed E-state index contributed by atoms with van der Waals surface area (Å²) in [6.45, 7) is 1.70. The van der Waals surface area contributed by atoms with E-state index in [0.717, 1.165) is 0 Å². The first-order valence-electron chi connectivity index (χ1n) is 3.67. The maximum Gasteiger partial charge on any atom is 0.255 e. The molecule has 1 rings (SSSR count). The summed E-state index contributed by atoms with van der Waals surface area (Å²) in [5.74, 6) is -0.320. The van der Waals surface area contributed by atoms with Gasteiger partial charge in [-0.2, -0.15) is 5.26 Å². The largest absolute Gasteiger partial charge is 0.339 e. The molecule has 0 spiro atoms. The minimum absolute atomic E-state index is 0.00678. The van der Waals surface area contributed by atoms with E-state index in [9.17, 15) is 4.79 Å². The Bertz CT molecular complexity index is 355. The number of aryl methyl sites for hydroxylation is 1. The lowest BCUT2D eigenvalue weighted by molar-refractivity contribution is 0.0957. The summed E-state index contributed by atoms with van der Waals surface area (Å²) in [5, 5.41) is 10.6. The molecule has 0 fully saturated rings. The molecule has 13 heavy (non-hydrogen) atoms. The number of nitrogens with zero attached hydrogens (tertiary/aromatic N) is 3. The zero-order valence-corrected chi connectivity index (χ0v) is 7.11. The van der Waals surface area contributed by atoms with Crippen LogP contribution in [0, 0.1) is 18.3 Å². The average Bonchev–Trinajstić information content (AvgIpc) is 2.15. The van der Waals surface area contributed by atoms with Crippen LogP contribution in [-0.4, -0.2) is 22.4 Å². The molecule has 0 aliphatic rings. The van der Waals surface area contributed by atoms with Gasteiger partial charge in [0.15, 0.2) is 0 Å². The molecule has 5 nitrogen and oxygen atoms in total. The van der Waals surface area contributed by atoms with Gasteiger partial charge in [-0.05, 0) is 6.92 Å². The summed E-state index contributed by atoms with van der Waals surface area (Å²) >= 11 is 0. The molecular formula is C8H8N4O. The second-order valence-corrected chi connectivity index (χ2v) is 2.36. The molecule has 0 unspecified atom stereocenters. The number of carbonyl (C=O) groups is 1. The summed E-state index contributed by atoms with van der Waals surface area (Å²) in [6.07, 6.45) is 2.80. The van der Waals surface area contributed by atoms with Gasteiger partial charge in [0.05, 0.1) is 17.3 Å². The van der Waals surface area contributed by atoms with Crippen molar-refractivity contribution in [2.45, 2.75) is 6.92 Å². The Kier molecular flexibility index (Phi) is 2.92. The van der Waals surface area contributed by atoms with Gasteiger partial charge in [-0.15, -0.1) is 0 Å². The van der Waals surface area contributed by atoms with Crippen molar-refractivity contribution in [3.8, 4) is 6.07 Å². The molecule has 0 radical (unpaired) electrons. The fourth-order valence-electron chi connectivity index (χ4n) is 0.829. The normalized spacial score (nSPS) is 8.92. The van der Waals surface area contributed by atoms with E-state index in [1.165, 1.54) is 12.5 Å². The van der Waals surface area contributed by atoms with Crippen LogP contribution in [0.4, 0.5) is 0 Å². The lowest BCUT2D eigenvalue weighted by atomic mass is 10.2. The third-order valence-corrected chi connectivity index (χ3v) is 1.48. The van der Waals surface area contributed by atoms with Crippen molar-refractivity contribution < 1.29 is 4.79 Å². The van der Waals surface area contributed by atoms with E-state index in [-0.39, 0.29) is 12.5 Å². The number of hydrogen-bond acceptors (Lipinski definition) is 4. The molecule has 0 aliphatic carbocycles. The van der Waals surface area contributed by atoms with Crippen LogP contribution in [-0.2, 0) is 0 Å². The quantitative estimate of drug-likeness (QED) is 0.645. The maximum atomic E-state index is 11.3.